The standard InChI is InChI=1S/C76H81BN2S/c1-43-18-16-19-44(2)66(43)47-37-63-68-64(38-47)79(61-23-17-22-56-67(61)52-20-14-15-21-54(52)76(56)49-33-45-32-46(35-49)36-50(76)34-45)69-53-39-48(71(3,4)5)24-27-65(53)80-70(69)77(68)60-41-58-59(75(12,13)31-30-74(58,10)11)42-62(60)78(63)51-25-26-55-57(40-51)73(8,9)29-28-72(55,6)7/h14-27,37-42,45-46,49-50H,28-36H2,1-13H3. The summed E-state index contributed by atoms with van der Waals surface area (Å²) in [5.74, 6) is 3.15. The first-order valence-electron chi connectivity index (χ1n) is 31.0. The summed E-state index contributed by atoms with van der Waals surface area (Å²) in [5, 5.41) is 1.39. The summed E-state index contributed by atoms with van der Waals surface area (Å²) in [4.78, 5) is 5.67. The molecule has 2 aliphatic heterocycles. The molecule has 4 bridgehead atoms. The zero-order valence-electron chi connectivity index (χ0n) is 50.1. The lowest BCUT2D eigenvalue weighted by molar-refractivity contribution is -0.0399. The van der Waals surface area contributed by atoms with Crippen molar-refractivity contribution in [2.45, 2.75) is 180 Å². The first-order chi connectivity index (χ1) is 38.0. The summed E-state index contributed by atoms with van der Waals surface area (Å²) in [6, 6.07) is 50.5. The van der Waals surface area contributed by atoms with Crippen LogP contribution in [0.4, 0.5) is 34.1 Å². The van der Waals surface area contributed by atoms with E-state index in [9.17, 15) is 0 Å². The predicted molar refractivity (Wildman–Crippen MR) is 343 cm³/mol. The van der Waals surface area contributed by atoms with Crippen LogP contribution in [0.1, 0.15) is 184 Å². The fourth-order valence-corrected chi connectivity index (χ4v) is 20.3. The van der Waals surface area contributed by atoms with Gasteiger partial charge in [0, 0.05) is 48.6 Å². The first-order valence-corrected chi connectivity index (χ1v) is 31.9. The van der Waals surface area contributed by atoms with Crippen LogP contribution >= 0.6 is 11.3 Å². The Morgan fingerprint density at radius 2 is 1.09 bits per heavy atom. The maximum atomic E-state index is 2.88. The maximum absolute atomic E-state index is 2.88. The minimum atomic E-state index is -0.0179. The van der Waals surface area contributed by atoms with Gasteiger partial charge in [-0.15, -0.1) is 11.3 Å². The van der Waals surface area contributed by atoms with Gasteiger partial charge >= 0.3 is 0 Å². The largest absolute Gasteiger partial charge is 0.311 e. The number of anilines is 6. The Morgan fingerprint density at radius 3 is 1.75 bits per heavy atom. The molecular weight excluding hydrogens is 984 g/mol. The molecule has 8 aromatic rings. The topological polar surface area (TPSA) is 6.48 Å². The number of aryl methyl sites for hydroxylation is 2. The molecule has 4 heteroatoms. The number of rotatable bonds is 3. The zero-order chi connectivity index (χ0) is 55.1. The molecule has 7 aliphatic carbocycles. The van der Waals surface area contributed by atoms with Crippen LogP contribution in [-0.4, -0.2) is 6.71 Å². The Kier molecular flexibility index (Phi) is 10.1. The Balaban J connectivity index is 1.06. The van der Waals surface area contributed by atoms with E-state index in [4.69, 9.17) is 0 Å². The summed E-state index contributed by atoms with van der Waals surface area (Å²) < 4.78 is 2.86. The van der Waals surface area contributed by atoms with Gasteiger partial charge < -0.3 is 9.80 Å². The highest BCUT2D eigenvalue weighted by Crippen LogP contribution is 2.71. The second-order valence-electron chi connectivity index (χ2n) is 30.7. The van der Waals surface area contributed by atoms with Crippen LogP contribution in [0.3, 0.4) is 0 Å². The highest BCUT2D eigenvalue weighted by molar-refractivity contribution is 7.33. The van der Waals surface area contributed by atoms with Crippen molar-refractivity contribution in [1.82, 2.24) is 0 Å². The van der Waals surface area contributed by atoms with E-state index in [1.807, 2.05) is 0 Å². The van der Waals surface area contributed by atoms with Crippen LogP contribution in [0.25, 0.3) is 32.3 Å². The molecule has 2 nitrogen and oxygen atoms in total. The van der Waals surface area contributed by atoms with Gasteiger partial charge in [0.2, 0.25) is 0 Å². The third-order valence-electron chi connectivity index (χ3n) is 23.2. The van der Waals surface area contributed by atoms with Crippen LogP contribution in [0.15, 0.2) is 121 Å². The van der Waals surface area contributed by atoms with Gasteiger partial charge in [-0.05, 0) is 249 Å². The van der Waals surface area contributed by atoms with E-state index in [0.29, 0.717) is 11.8 Å². The van der Waals surface area contributed by atoms with Crippen molar-refractivity contribution in [1.29, 1.82) is 0 Å². The van der Waals surface area contributed by atoms with E-state index in [2.05, 4.69) is 232 Å². The molecule has 0 saturated heterocycles. The average Bonchev–Trinajstić information content (AvgIpc) is 4.11. The molecule has 17 rings (SSSR count). The molecule has 80 heavy (non-hydrogen) atoms. The normalized spacial score (nSPS) is 25.2. The Hall–Kier alpha value is -5.84. The molecule has 404 valence electrons. The Labute approximate surface area is 482 Å². The van der Waals surface area contributed by atoms with Crippen molar-refractivity contribution in [2.75, 3.05) is 9.80 Å². The minimum Gasteiger partial charge on any atom is -0.311 e. The minimum absolute atomic E-state index is 0.0179. The van der Waals surface area contributed by atoms with Crippen LogP contribution in [-0.2, 0) is 32.5 Å². The number of nitrogens with zero attached hydrogens (tertiary/aromatic N) is 2. The predicted octanol–water partition coefficient (Wildman–Crippen LogP) is 19.0. The summed E-state index contributed by atoms with van der Waals surface area (Å²) in [5.41, 5.74) is 30.2. The van der Waals surface area contributed by atoms with Crippen LogP contribution in [0.2, 0.25) is 0 Å². The lowest BCUT2D eigenvalue weighted by Gasteiger charge is -2.61. The Morgan fingerprint density at radius 1 is 0.500 bits per heavy atom. The number of hydrogen-bond donors (Lipinski definition) is 0. The molecule has 0 unspecified atom stereocenters. The summed E-state index contributed by atoms with van der Waals surface area (Å²) in [7, 11) is 0. The van der Waals surface area contributed by atoms with Gasteiger partial charge in [0.15, 0.2) is 0 Å². The van der Waals surface area contributed by atoms with Gasteiger partial charge in [-0.1, -0.05) is 149 Å². The van der Waals surface area contributed by atoms with Gasteiger partial charge in [-0.25, -0.2) is 0 Å². The van der Waals surface area contributed by atoms with E-state index >= 15 is 0 Å². The molecule has 0 atom stereocenters. The number of thiophene rings is 1. The van der Waals surface area contributed by atoms with Crippen molar-refractivity contribution in [3.63, 3.8) is 0 Å². The third kappa shape index (κ3) is 6.61. The molecule has 4 fully saturated rings. The summed E-state index contributed by atoms with van der Waals surface area (Å²) >= 11 is 2.08. The molecule has 1 aromatic heterocycles. The van der Waals surface area contributed by atoms with E-state index in [1.54, 1.807) is 11.1 Å². The molecule has 0 N–H and O–H groups in total. The molecule has 0 radical (unpaired) electrons. The molecule has 3 heterocycles. The molecular formula is C76H81BN2S. The average molecular weight is 1070 g/mol. The Bertz CT molecular complexity index is 3970. The maximum Gasteiger partial charge on any atom is 0.264 e. The molecule has 7 aromatic carbocycles. The first kappa shape index (κ1) is 49.9. The van der Waals surface area contributed by atoms with Crippen LogP contribution in [0.5, 0.6) is 0 Å². The highest BCUT2D eigenvalue weighted by atomic mass is 32.1. The number of benzene rings is 7. The second kappa shape index (κ2) is 16.2. The smallest absolute Gasteiger partial charge is 0.264 e. The summed E-state index contributed by atoms with van der Waals surface area (Å²) in [6.07, 6.45) is 11.7. The van der Waals surface area contributed by atoms with Crippen LogP contribution < -0.4 is 25.5 Å². The van der Waals surface area contributed by atoms with Gasteiger partial charge in [-0.3, -0.25) is 0 Å². The van der Waals surface area contributed by atoms with Gasteiger partial charge in [-0.2, -0.15) is 0 Å². The van der Waals surface area contributed by atoms with Crippen molar-refractivity contribution in [3.05, 3.63) is 171 Å². The fraction of sp³-hybridized carbons (Fsp3) is 0.421. The van der Waals surface area contributed by atoms with E-state index in [-0.39, 0.29) is 39.2 Å². The van der Waals surface area contributed by atoms with Gasteiger partial charge in [0.05, 0.1) is 11.4 Å². The zero-order valence-corrected chi connectivity index (χ0v) is 50.9. The fourth-order valence-electron chi connectivity index (χ4n) is 19.0. The van der Waals surface area contributed by atoms with Crippen molar-refractivity contribution >= 4 is 78.0 Å². The SMILES string of the molecule is Cc1cccc(C)c1-c1cc2c3c(c1)N(c1cccc4c1-c1ccccc1C41C4CC5CC(C4)CC1C5)c1c(sc4ccc(C(C)(C)C)cc14)B3c1cc3c(cc1N2c1ccc2c(c1)C(C)(C)CCC2(C)C)C(C)(C)CCC3(C)C. The summed E-state index contributed by atoms with van der Waals surface area (Å²) in [6.45, 7) is 32.0. The van der Waals surface area contributed by atoms with Crippen LogP contribution in [0, 0.1) is 37.5 Å². The monoisotopic (exact) mass is 1060 g/mol. The van der Waals surface area contributed by atoms with Crippen molar-refractivity contribution < 1.29 is 0 Å². The second-order valence-corrected chi connectivity index (χ2v) is 31.8. The lowest BCUT2D eigenvalue weighted by Crippen LogP contribution is -2.61. The van der Waals surface area contributed by atoms with Crippen molar-refractivity contribution in [3.8, 4) is 22.3 Å². The number of hydrogen-bond acceptors (Lipinski definition) is 3. The molecule has 4 saturated carbocycles. The van der Waals surface area contributed by atoms with E-state index in [1.165, 1.54) is 179 Å². The van der Waals surface area contributed by atoms with Gasteiger partial charge in [0.25, 0.3) is 6.71 Å². The molecule has 9 aliphatic rings. The molecule has 1 spiro atoms. The van der Waals surface area contributed by atoms with Gasteiger partial charge in [0.1, 0.15) is 0 Å². The van der Waals surface area contributed by atoms with E-state index in [0.717, 1.165) is 11.8 Å². The van der Waals surface area contributed by atoms with E-state index < -0.39 is 0 Å². The quantitative estimate of drug-likeness (QED) is 0.163. The molecule has 0 amide bonds. The third-order valence-corrected chi connectivity index (χ3v) is 24.4. The number of fused-ring (bicyclic) bond motifs is 11. The lowest BCUT2D eigenvalue weighted by atomic mass is 9.35. The highest BCUT2D eigenvalue weighted by Gasteiger charge is 2.62. The van der Waals surface area contributed by atoms with Crippen molar-refractivity contribution in [2.24, 2.45) is 23.7 Å².